The van der Waals surface area contributed by atoms with Crippen LogP contribution in [-0.4, -0.2) is 23.6 Å². The number of carboxylic acid groups (broad SMARTS) is 1. The van der Waals surface area contributed by atoms with E-state index < -0.39 is 11.9 Å². The fraction of sp³-hybridized carbons (Fsp3) is 0.300. The number of nitrogens with one attached hydrogen (secondary N) is 1. The number of hydrogen-bond donors (Lipinski definition) is 2. The van der Waals surface area contributed by atoms with E-state index in [1.807, 2.05) is 24.3 Å². The number of carbonyl (C=O) groups is 2. The lowest BCUT2D eigenvalue weighted by molar-refractivity contribution is -0.138. The van der Waals surface area contributed by atoms with Gasteiger partial charge < -0.3 is 15.2 Å². The van der Waals surface area contributed by atoms with Gasteiger partial charge >= 0.3 is 5.97 Å². The van der Waals surface area contributed by atoms with Crippen LogP contribution in [-0.2, 0) is 9.59 Å². The van der Waals surface area contributed by atoms with Crippen molar-refractivity contribution in [3.05, 3.63) is 59.7 Å². The number of amides is 1. The summed E-state index contributed by atoms with van der Waals surface area (Å²) in [6, 6.07) is 14.4. The molecule has 5 heteroatoms. The molecule has 0 saturated heterocycles. The molecule has 0 spiro atoms. The molecular weight excluding hydrogens is 318 g/mol. The third-order valence-electron chi connectivity index (χ3n) is 3.96. The number of ether oxygens (including phenoxy) is 1. The smallest absolute Gasteiger partial charge is 0.310 e. The summed E-state index contributed by atoms with van der Waals surface area (Å²) in [5.74, 6) is -0.680. The molecule has 0 aliphatic rings. The van der Waals surface area contributed by atoms with Gasteiger partial charge in [0.1, 0.15) is 5.75 Å². The lowest BCUT2D eigenvalue weighted by Crippen LogP contribution is -2.20. The van der Waals surface area contributed by atoms with Crippen molar-refractivity contribution in [1.82, 2.24) is 0 Å². The summed E-state index contributed by atoms with van der Waals surface area (Å²) in [5.41, 5.74) is 2.44. The van der Waals surface area contributed by atoms with Gasteiger partial charge in [0, 0.05) is 5.69 Å². The first-order chi connectivity index (χ1) is 11.9. The van der Waals surface area contributed by atoms with Gasteiger partial charge in [-0.05, 0) is 48.2 Å². The highest BCUT2D eigenvalue weighted by atomic mass is 16.5. The lowest BCUT2D eigenvalue weighted by Gasteiger charge is -2.11. The monoisotopic (exact) mass is 341 g/mol. The summed E-state index contributed by atoms with van der Waals surface area (Å²) in [5, 5.41) is 11.7. The van der Waals surface area contributed by atoms with Gasteiger partial charge in [-0.1, -0.05) is 38.1 Å². The highest BCUT2D eigenvalue weighted by molar-refractivity contribution is 5.92. The third-order valence-corrected chi connectivity index (χ3v) is 3.96. The molecule has 1 amide bonds. The minimum absolute atomic E-state index is 0.0885. The molecule has 1 atom stereocenters. The standard InChI is InChI=1S/C20H23NO4/c1-13(2)16-5-4-6-18(11-16)25-12-19(22)21-17-9-7-15(8-10-17)14(3)20(23)24/h4-11,13-14H,12H2,1-3H3,(H,21,22)(H,23,24). The van der Waals surface area contributed by atoms with Crippen molar-refractivity contribution < 1.29 is 19.4 Å². The van der Waals surface area contributed by atoms with Crippen LogP contribution in [0, 0.1) is 0 Å². The molecule has 2 N–H and O–H groups in total. The second-order valence-corrected chi connectivity index (χ2v) is 6.25. The SMILES string of the molecule is CC(C)c1cccc(OCC(=O)Nc2ccc(C(C)C(=O)O)cc2)c1. The summed E-state index contributed by atoms with van der Waals surface area (Å²) in [6.45, 7) is 5.73. The highest BCUT2D eigenvalue weighted by Crippen LogP contribution is 2.20. The van der Waals surface area contributed by atoms with Gasteiger partial charge in [0.05, 0.1) is 5.92 Å². The highest BCUT2D eigenvalue weighted by Gasteiger charge is 2.13. The summed E-state index contributed by atoms with van der Waals surface area (Å²) in [4.78, 5) is 23.0. The molecule has 0 saturated carbocycles. The number of benzene rings is 2. The molecule has 0 aliphatic carbocycles. The second kappa shape index (κ2) is 8.33. The molecule has 0 aromatic heterocycles. The molecule has 2 rings (SSSR count). The second-order valence-electron chi connectivity index (χ2n) is 6.25. The Balaban J connectivity index is 1.90. The molecule has 2 aromatic carbocycles. The van der Waals surface area contributed by atoms with E-state index in [1.165, 1.54) is 0 Å². The molecule has 0 bridgehead atoms. The fourth-order valence-electron chi connectivity index (χ4n) is 2.31. The zero-order valence-electron chi connectivity index (χ0n) is 14.7. The minimum atomic E-state index is -0.881. The first-order valence-electron chi connectivity index (χ1n) is 8.22. The van der Waals surface area contributed by atoms with Crippen LogP contribution in [0.3, 0.4) is 0 Å². The zero-order valence-corrected chi connectivity index (χ0v) is 14.7. The first-order valence-corrected chi connectivity index (χ1v) is 8.22. The Morgan fingerprint density at radius 1 is 1.04 bits per heavy atom. The Hall–Kier alpha value is -2.82. The average Bonchev–Trinajstić information content (AvgIpc) is 2.60. The van der Waals surface area contributed by atoms with Gasteiger partial charge in [-0.3, -0.25) is 9.59 Å². The molecule has 25 heavy (non-hydrogen) atoms. The van der Waals surface area contributed by atoms with E-state index in [0.29, 0.717) is 22.9 Å². The lowest BCUT2D eigenvalue weighted by atomic mass is 10.0. The number of carboxylic acids is 1. The van der Waals surface area contributed by atoms with Crippen molar-refractivity contribution in [2.45, 2.75) is 32.6 Å². The van der Waals surface area contributed by atoms with Crippen LogP contribution in [0.2, 0.25) is 0 Å². The predicted octanol–water partition coefficient (Wildman–Crippen LogP) is 4.02. The van der Waals surface area contributed by atoms with E-state index in [1.54, 1.807) is 31.2 Å². The largest absolute Gasteiger partial charge is 0.484 e. The van der Waals surface area contributed by atoms with Crippen molar-refractivity contribution in [2.24, 2.45) is 0 Å². The van der Waals surface area contributed by atoms with Crippen molar-refractivity contribution in [3.63, 3.8) is 0 Å². The molecular formula is C20H23NO4. The Morgan fingerprint density at radius 3 is 2.32 bits per heavy atom. The van der Waals surface area contributed by atoms with Crippen molar-refractivity contribution in [1.29, 1.82) is 0 Å². The predicted molar refractivity (Wildman–Crippen MR) is 97.1 cm³/mol. The molecule has 5 nitrogen and oxygen atoms in total. The number of rotatable bonds is 7. The van der Waals surface area contributed by atoms with Crippen LogP contribution in [0.25, 0.3) is 0 Å². The summed E-state index contributed by atoms with van der Waals surface area (Å²) < 4.78 is 5.53. The van der Waals surface area contributed by atoms with Crippen LogP contribution in [0.15, 0.2) is 48.5 Å². The van der Waals surface area contributed by atoms with E-state index in [4.69, 9.17) is 9.84 Å². The molecule has 2 aromatic rings. The van der Waals surface area contributed by atoms with Crippen molar-refractivity contribution in [3.8, 4) is 5.75 Å². The zero-order chi connectivity index (χ0) is 18.4. The molecule has 0 aliphatic heterocycles. The summed E-state index contributed by atoms with van der Waals surface area (Å²) in [7, 11) is 0. The Kier molecular flexibility index (Phi) is 6.17. The Morgan fingerprint density at radius 2 is 1.72 bits per heavy atom. The Labute approximate surface area is 147 Å². The first kappa shape index (κ1) is 18.5. The van der Waals surface area contributed by atoms with E-state index in [9.17, 15) is 9.59 Å². The molecule has 132 valence electrons. The fourth-order valence-corrected chi connectivity index (χ4v) is 2.31. The van der Waals surface area contributed by atoms with Crippen molar-refractivity contribution in [2.75, 3.05) is 11.9 Å². The molecule has 1 unspecified atom stereocenters. The van der Waals surface area contributed by atoms with Gasteiger partial charge in [-0.2, -0.15) is 0 Å². The maximum atomic E-state index is 12.0. The van der Waals surface area contributed by atoms with Crippen LogP contribution in [0.4, 0.5) is 5.69 Å². The number of anilines is 1. The van der Waals surface area contributed by atoms with Gasteiger partial charge in [-0.15, -0.1) is 0 Å². The van der Waals surface area contributed by atoms with Crippen LogP contribution in [0.5, 0.6) is 5.75 Å². The van der Waals surface area contributed by atoms with Crippen LogP contribution >= 0.6 is 0 Å². The van der Waals surface area contributed by atoms with E-state index in [-0.39, 0.29) is 12.5 Å². The van der Waals surface area contributed by atoms with E-state index in [0.717, 1.165) is 5.56 Å². The minimum Gasteiger partial charge on any atom is -0.484 e. The number of aliphatic carboxylic acids is 1. The molecule has 0 fully saturated rings. The Bertz CT molecular complexity index is 738. The van der Waals surface area contributed by atoms with E-state index in [2.05, 4.69) is 19.2 Å². The third kappa shape index (κ3) is 5.35. The summed E-state index contributed by atoms with van der Waals surface area (Å²) in [6.07, 6.45) is 0. The quantitative estimate of drug-likeness (QED) is 0.798. The topological polar surface area (TPSA) is 75.6 Å². The average molecular weight is 341 g/mol. The molecule has 0 heterocycles. The molecule has 0 radical (unpaired) electrons. The van der Waals surface area contributed by atoms with Crippen LogP contribution < -0.4 is 10.1 Å². The van der Waals surface area contributed by atoms with Crippen LogP contribution in [0.1, 0.15) is 43.7 Å². The normalized spacial score (nSPS) is 11.8. The van der Waals surface area contributed by atoms with E-state index >= 15 is 0 Å². The van der Waals surface area contributed by atoms with Gasteiger partial charge in [0.15, 0.2) is 6.61 Å². The maximum Gasteiger partial charge on any atom is 0.310 e. The van der Waals surface area contributed by atoms with Gasteiger partial charge in [0.2, 0.25) is 0 Å². The number of carbonyl (C=O) groups excluding carboxylic acids is 1. The number of hydrogen-bond acceptors (Lipinski definition) is 3. The van der Waals surface area contributed by atoms with Crippen molar-refractivity contribution >= 4 is 17.6 Å². The maximum absolute atomic E-state index is 12.0. The summed E-state index contributed by atoms with van der Waals surface area (Å²) >= 11 is 0. The van der Waals surface area contributed by atoms with Gasteiger partial charge in [-0.25, -0.2) is 0 Å². The van der Waals surface area contributed by atoms with Gasteiger partial charge in [0.25, 0.3) is 5.91 Å².